The number of nitrogens with one attached hydrogen (secondary N) is 1. The van der Waals surface area contributed by atoms with Gasteiger partial charge in [0.15, 0.2) is 18.1 Å². The summed E-state index contributed by atoms with van der Waals surface area (Å²) < 4.78 is 12.1. The van der Waals surface area contributed by atoms with Crippen molar-refractivity contribution in [3.63, 3.8) is 0 Å². The smallest absolute Gasteiger partial charge is 0.262 e. The highest BCUT2D eigenvalue weighted by Gasteiger charge is 2.14. The second-order valence-corrected chi connectivity index (χ2v) is 6.91. The Morgan fingerprint density at radius 2 is 1.72 bits per heavy atom. The van der Waals surface area contributed by atoms with Gasteiger partial charge in [0.1, 0.15) is 0 Å². The molecule has 1 amide bonds. The van der Waals surface area contributed by atoms with Gasteiger partial charge in [-0.3, -0.25) is 9.79 Å². The second kappa shape index (κ2) is 10.4. The summed E-state index contributed by atoms with van der Waals surface area (Å²) >= 11 is 3.51. The van der Waals surface area contributed by atoms with Gasteiger partial charge >= 0.3 is 0 Å². The van der Waals surface area contributed by atoms with Crippen LogP contribution in [0.5, 0.6) is 11.5 Å². The van der Waals surface area contributed by atoms with Crippen LogP contribution in [0.1, 0.15) is 12.5 Å². The van der Waals surface area contributed by atoms with Crippen molar-refractivity contribution < 1.29 is 14.3 Å². The van der Waals surface area contributed by atoms with Crippen molar-refractivity contribution in [2.45, 2.75) is 6.92 Å². The maximum absolute atomic E-state index is 12.2. The van der Waals surface area contributed by atoms with E-state index < -0.39 is 0 Å². The van der Waals surface area contributed by atoms with Gasteiger partial charge in [-0.05, 0) is 64.8 Å². The SMILES string of the molecule is CCOc1cc(C=Nc2ccccc2)cc(Br)c1OCC(=O)Nc1ccccc1. The molecule has 0 radical (unpaired) electrons. The number of ether oxygens (including phenoxy) is 2. The van der Waals surface area contributed by atoms with Crippen molar-refractivity contribution >= 4 is 39.4 Å². The number of benzene rings is 3. The van der Waals surface area contributed by atoms with Crippen LogP contribution in [0.2, 0.25) is 0 Å². The summed E-state index contributed by atoms with van der Waals surface area (Å²) in [6.07, 6.45) is 1.76. The molecule has 0 aliphatic rings. The minimum Gasteiger partial charge on any atom is -0.490 e. The molecule has 0 spiro atoms. The van der Waals surface area contributed by atoms with Crippen LogP contribution in [0.4, 0.5) is 11.4 Å². The van der Waals surface area contributed by atoms with Gasteiger partial charge in [0.05, 0.1) is 16.8 Å². The van der Waals surface area contributed by atoms with Gasteiger partial charge in [0.25, 0.3) is 5.91 Å². The second-order valence-electron chi connectivity index (χ2n) is 6.06. The maximum atomic E-state index is 12.2. The van der Waals surface area contributed by atoms with Gasteiger partial charge in [-0.15, -0.1) is 0 Å². The number of hydrogen-bond acceptors (Lipinski definition) is 4. The predicted molar refractivity (Wildman–Crippen MR) is 120 cm³/mol. The summed E-state index contributed by atoms with van der Waals surface area (Å²) in [4.78, 5) is 16.6. The quantitative estimate of drug-likeness (QED) is 0.451. The average Bonchev–Trinajstić information content (AvgIpc) is 2.73. The van der Waals surface area contributed by atoms with Gasteiger partial charge in [0.2, 0.25) is 0 Å². The normalized spacial score (nSPS) is 10.7. The standard InChI is InChI=1S/C23H21BrN2O3/c1-2-28-21-14-17(15-25-18-9-5-3-6-10-18)13-20(24)23(21)29-16-22(27)26-19-11-7-4-8-12-19/h3-15H,2,16H2,1H3,(H,26,27). The first-order chi connectivity index (χ1) is 14.2. The summed E-state index contributed by atoms with van der Waals surface area (Å²) in [5.41, 5.74) is 2.43. The fraction of sp³-hybridized carbons (Fsp3) is 0.130. The van der Waals surface area contributed by atoms with E-state index in [-0.39, 0.29) is 12.5 Å². The molecule has 3 rings (SSSR count). The van der Waals surface area contributed by atoms with Crippen molar-refractivity contribution in [3.05, 3.63) is 82.8 Å². The van der Waals surface area contributed by atoms with Crippen molar-refractivity contribution in [2.24, 2.45) is 4.99 Å². The molecular weight excluding hydrogens is 432 g/mol. The Hall–Kier alpha value is -3.12. The molecule has 0 saturated heterocycles. The van der Waals surface area contributed by atoms with Gasteiger partial charge in [-0.1, -0.05) is 36.4 Å². The third kappa shape index (κ3) is 6.19. The molecule has 0 atom stereocenters. The third-order valence-electron chi connectivity index (χ3n) is 3.86. The van der Waals surface area contributed by atoms with E-state index in [0.717, 1.165) is 16.9 Å². The molecule has 5 nitrogen and oxygen atoms in total. The van der Waals surface area contributed by atoms with Gasteiger partial charge in [-0.2, -0.15) is 0 Å². The lowest BCUT2D eigenvalue weighted by molar-refractivity contribution is -0.118. The lowest BCUT2D eigenvalue weighted by atomic mass is 10.2. The molecule has 0 saturated carbocycles. The van der Waals surface area contributed by atoms with Crippen LogP contribution in [0, 0.1) is 0 Å². The fourth-order valence-electron chi connectivity index (χ4n) is 2.58. The molecule has 0 fully saturated rings. The van der Waals surface area contributed by atoms with Gasteiger partial charge < -0.3 is 14.8 Å². The van der Waals surface area contributed by atoms with Crippen LogP contribution in [-0.2, 0) is 4.79 Å². The Balaban J connectivity index is 1.72. The van der Waals surface area contributed by atoms with E-state index >= 15 is 0 Å². The summed E-state index contributed by atoms with van der Waals surface area (Å²) in [6.45, 7) is 2.23. The summed E-state index contributed by atoms with van der Waals surface area (Å²) in [5, 5.41) is 2.79. The van der Waals surface area contributed by atoms with E-state index in [4.69, 9.17) is 9.47 Å². The molecule has 3 aromatic rings. The molecule has 0 bridgehead atoms. The largest absolute Gasteiger partial charge is 0.490 e. The highest BCUT2D eigenvalue weighted by atomic mass is 79.9. The van der Waals surface area contributed by atoms with E-state index in [0.29, 0.717) is 22.6 Å². The van der Waals surface area contributed by atoms with Gasteiger partial charge in [-0.25, -0.2) is 0 Å². The number of rotatable bonds is 8. The average molecular weight is 453 g/mol. The minimum atomic E-state index is -0.250. The molecule has 0 aromatic heterocycles. The molecular formula is C23H21BrN2O3. The first-order valence-corrected chi connectivity index (χ1v) is 9.98. The van der Waals surface area contributed by atoms with Crippen molar-refractivity contribution in [1.82, 2.24) is 0 Å². The minimum absolute atomic E-state index is 0.134. The highest BCUT2D eigenvalue weighted by molar-refractivity contribution is 9.10. The Bertz CT molecular complexity index is 976. The zero-order chi connectivity index (χ0) is 20.5. The number of halogens is 1. The van der Waals surface area contributed by atoms with Crippen LogP contribution < -0.4 is 14.8 Å². The number of carbonyl (C=O) groups excluding carboxylic acids is 1. The van der Waals surface area contributed by atoms with Crippen molar-refractivity contribution in [1.29, 1.82) is 0 Å². The Labute approximate surface area is 178 Å². The Morgan fingerprint density at radius 1 is 1.03 bits per heavy atom. The predicted octanol–water partition coefficient (Wildman–Crippen LogP) is 5.62. The number of aliphatic imine (C=N–C) groups is 1. The molecule has 0 aliphatic carbocycles. The number of hydrogen-bond donors (Lipinski definition) is 1. The molecule has 0 heterocycles. The number of anilines is 1. The van der Waals surface area contributed by atoms with Crippen LogP contribution >= 0.6 is 15.9 Å². The van der Waals surface area contributed by atoms with E-state index in [1.165, 1.54) is 0 Å². The Kier molecular flexibility index (Phi) is 7.41. The summed E-state index contributed by atoms with van der Waals surface area (Å²) in [5.74, 6) is 0.774. The molecule has 0 unspecified atom stereocenters. The molecule has 1 N–H and O–H groups in total. The Morgan fingerprint density at radius 3 is 2.41 bits per heavy atom. The number of carbonyl (C=O) groups is 1. The highest BCUT2D eigenvalue weighted by Crippen LogP contribution is 2.36. The van der Waals surface area contributed by atoms with E-state index in [2.05, 4.69) is 26.2 Å². The molecule has 29 heavy (non-hydrogen) atoms. The van der Waals surface area contributed by atoms with E-state index in [1.807, 2.05) is 79.7 Å². The number of amides is 1. The van der Waals surface area contributed by atoms with E-state index in [1.54, 1.807) is 6.21 Å². The number of nitrogens with zero attached hydrogens (tertiary/aromatic N) is 1. The molecule has 148 valence electrons. The zero-order valence-corrected chi connectivity index (χ0v) is 17.6. The van der Waals surface area contributed by atoms with Crippen LogP contribution in [-0.4, -0.2) is 25.3 Å². The molecule has 3 aromatic carbocycles. The third-order valence-corrected chi connectivity index (χ3v) is 4.44. The van der Waals surface area contributed by atoms with Crippen molar-refractivity contribution in [3.8, 4) is 11.5 Å². The van der Waals surface area contributed by atoms with E-state index in [9.17, 15) is 4.79 Å². The van der Waals surface area contributed by atoms with Crippen LogP contribution in [0.3, 0.4) is 0 Å². The summed E-state index contributed by atoms with van der Waals surface area (Å²) in [6, 6.07) is 22.6. The topological polar surface area (TPSA) is 59.9 Å². The fourth-order valence-corrected chi connectivity index (χ4v) is 3.16. The zero-order valence-electron chi connectivity index (χ0n) is 16.0. The number of para-hydroxylation sites is 2. The maximum Gasteiger partial charge on any atom is 0.262 e. The summed E-state index contributed by atoms with van der Waals surface area (Å²) in [7, 11) is 0. The first kappa shape index (κ1) is 20.6. The first-order valence-electron chi connectivity index (χ1n) is 9.19. The van der Waals surface area contributed by atoms with Gasteiger partial charge in [0, 0.05) is 11.9 Å². The monoisotopic (exact) mass is 452 g/mol. The molecule has 0 aliphatic heterocycles. The van der Waals surface area contributed by atoms with Crippen LogP contribution in [0.25, 0.3) is 0 Å². The van der Waals surface area contributed by atoms with Crippen LogP contribution in [0.15, 0.2) is 82.3 Å². The molecule has 6 heteroatoms. The van der Waals surface area contributed by atoms with Crippen molar-refractivity contribution in [2.75, 3.05) is 18.5 Å². The lowest BCUT2D eigenvalue weighted by Gasteiger charge is -2.14. The lowest BCUT2D eigenvalue weighted by Crippen LogP contribution is -2.20.